The van der Waals surface area contributed by atoms with Gasteiger partial charge in [-0.2, -0.15) is 0 Å². The second kappa shape index (κ2) is 6.89. The van der Waals surface area contributed by atoms with Crippen molar-refractivity contribution in [2.75, 3.05) is 7.05 Å². The minimum atomic E-state index is -0.298. The molecule has 0 bridgehead atoms. The SMILES string of the molecule is Cc1nc(COc2ccc(F)cc2)sc1C(=O)N(C)C(C)C1CC1. The van der Waals surface area contributed by atoms with E-state index in [4.69, 9.17) is 4.74 Å². The van der Waals surface area contributed by atoms with Crippen molar-refractivity contribution >= 4 is 17.2 Å². The average Bonchev–Trinajstić information content (AvgIpc) is 3.35. The van der Waals surface area contributed by atoms with Crippen LogP contribution in [0.25, 0.3) is 0 Å². The predicted octanol–water partition coefficient (Wildman–Crippen LogP) is 4.04. The molecule has 128 valence electrons. The summed E-state index contributed by atoms with van der Waals surface area (Å²) in [5.41, 5.74) is 0.734. The summed E-state index contributed by atoms with van der Waals surface area (Å²) in [6.07, 6.45) is 2.41. The first-order valence-corrected chi connectivity index (χ1v) is 8.89. The van der Waals surface area contributed by atoms with Crippen LogP contribution in [0.1, 0.15) is 40.1 Å². The molecule has 24 heavy (non-hydrogen) atoms. The number of amides is 1. The van der Waals surface area contributed by atoms with Crippen molar-refractivity contribution in [3.05, 3.63) is 45.7 Å². The lowest BCUT2D eigenvalue weighted by Crippen LogP contribution is -2.36. The molecule has 6 heteroatoms. The second-order valence-corrected chi connectivity index (χ2v) is 7.34. The van der Waals surface area contributed by atoms with E-state index in [9.17, 15) is 9.18 Å². The lowest BCUT2D eigenvalue weighted by atomic mass is 10.2. The maximum atomic E-state index is 12.9. The smallest absolute Gasteiger partial charge is 0.265 e. The van der Waals surface area contributed by atoms with Crippen molar-refractivity contribution in [2.45, 2.75) is 39.3 Å². The van der Waals surface area contributed by atoms with Crippen LogP contribution >= 0.6 is 11.3 Å². The molecule has 0 saturated heterocycles. The lowest BCUT2D eigenvalue weighted by molar-refractivity contribution is 0.0731. The van der Waals surface area contributed by atoms with Crippen LogP contribution in [0.3, 0.4) is 0 Å². The van der Waals surface area contributed by atoms with Crippen LogP contribution in [0.2, 0.25) is 0 Å². The molecule has 3 rings (SSSR count). The summed E-state index contributed by atoms with van der Waals surface area (Å²) in [6.45, 7) is 4.22. The molecule has 0 spiro atoms. The van der Waals surface area contributed by atoms with Gasteiger partial charge in [0.05, 0.1) is 5.69 Å². The third-order valence-electron chi connectivity index (χ3n) is 4.45. The molecule has 1 heterocycles. The molecule has 1 aromatic carbocycles. The van der Waals surface area contributed by atoms with Crippen LogP contribution in [-0.4, -0.2) is 28.9 Å². The topological polar surface area (TPSA) is 42.4 Å². The van der Waals surface area contributed by atoms with Gasteiger partial charge in [0, 0.05) is 13.1 Å². The van der Waals surface area contributed by atoms with Crippen molar-refractivity contribution in [3.8, 4) is 5.75 Å². The molecule has 0 radical (unpaired) electrons. The number of benzene rings is 1. The molecule has 1 saturated carbocycles. The highest BCUT2D eigenvalue weighted by Crippen LogP contribution is 2.35. The standard InChI is InChI=1S/C18H21FN2O2S/c1-11-17(18(22)21(3)12(2)13-4-5-13)24-16(20-11)10-23-15-8-6-14(19)7-9-15/h6-9,12-13H,4-5,10H2,1-3H3. The molecular weight excluding hydrogens is 327 g/mol. The van der Waals surface area contributed by atoms with Gasteiger partial charge in [0.25, 0.3) is 5.91 Å². The van der Waals surface area contributed by atoms with Crippen LogP contribution in [-0.2, 0) is 6.61 Å². The van der Waals surface area contributed by atoms with Gasteiger partial charge in [-0.15, -0.1) is 11.3 Å². The van der Waals surface area contributed by atoms with E-state index in [1.807, 2.05) is 18.9 Å². The maximum absolute atomic E-state index is 12.9. The summed E-state index contributed by atoms with van der Waals surface area (Å²) in [5, 5.41) is 0.743. The van der Waals surface area contributed by atoms with Gasteiger partial charge in [-0.25, -0.2) is 9.37 Å². The summed E-state index contributed by atoms with van der Waals surface area (Å²) in [4.78, 5) is 19.6. The monoisotopic (exact) mass is 348 g/mol. The van der Waals surface area contributed by atoms with Crippen LogP contribution in [0, 0.1) is 18.7 Å². The fraction of sp³-hybridized carbons (Fsp3) is 0.444. The highest BCUT2D eigenvalue weighted by atomic mass is 32.1. The van der Waals surface area contributed by atoms with Gasteiger partial charge >= 0.3 is 0 Å². The second-order valence-electron chi connectivity index (χ2n) is 6.26. The highest BCUT2D eigenvalue weighted by molar-refractivity contribution is 7.13. The number of ether oxygens (including phenoxy) is 1. The fourth-order valence-electron chi connectivity index (χ4n) is 2.63. The summed E-state index contributed by atoms with van der Waals surface area (Å²) in [5.74, 6) is 0.940. The van der Waals surface area contributed by atoms with E-state index < -0.39 is 0 Å². The zero-order valence-electron chi connectivity index (χ0n) is 14.1. The highest BCUT2D eigenvalue weighted by Gasteiger charge is 2.33. The van der Waals surface area contributed by atoms with Gasteiger partial charge in [-0.05, 0) is 56.9 Å². The van der Waals surface area contributed by atoms with E-state index in [2.05, 4.69) is 11.9 Å². The Bertz CT molecular complexity index is 725. The van der Waals surface area contributed by atoms with Crippen LogP contribution in [0.4, 0.5) is 4.39 Å². The van der Waals surface area contributed by atoms with Gasteiger partial charge in [0.15, 0.2) is 0 Å². The molecule has 0 aliphatic heterocycles. The van der Waals surface area contributed by atoms with Gasteiger partial charge in [0.2, 0.25) is 0 Å². The fourth-order valence-corrected chi connectivity index (χ4v) is 3.59. The lowest BCUT2D eigenvalue weighted by Gasteiger charge is -2.24. The molecule has 1 aromatic heterocycles. The Morgan fingerprint density at radius 2 is 2.08 bits per heavy atom. The Hall–Kier alpha value is -1.95. The number of rotatable bonds is 6. The van der Waals surface area contributed by atoms with Gasteiger partial charge in [-0.1, -0.05) is 0 Å². The first kappa shape index (κ1) is 16.9. The Balaban J connectivity index is 1.65. The van der Waals surface area contributed by atoms with Crippen LogP contribution in [0.5, 0.6) is 5.75 Å². The molecule has 4 nitrogen and oxygen atoms in total. The number of carbonyl (C=O) groups excluding carboxylic acids is 1. The molecule has 1 aliphatic rings. The quantitative estimate of drug-likeness (QED) is 0.791. The van der Waals surface area contributed by atoms with Crippen molar-refractivity contribution < 1.29 is 13.9 Å². The molecule has 1 fully saturated rings. The number of aromatic nitrogens is 1. The largest absolute Gasteiger partial charge is 0.486 e. The Labute approximate surface area is 145 Å². The Morgan fingerprint density at radius 3 is 2.71 bits per heavy atom. The number of hydrogen-bond donors (Lipinski definition) is 0. The van der Waals surface area contributed by atoms with Gasteiger partial charge < -0.3 is 9.64 Å². The molecule has 1 atom stereocenters. The normalized spacial score (nSPS) is 15.2. The third kappa shape index (κ3) is 3.75. The van der Waals surface area contributed by atoms with Crippen molar-refractivity contribution in [2.24, 2.45) is 5.92 Å². The number of hydrogen-bond acceptors (Lipinski definition) is 4. The zero-order valence-corrected chi connectivity index (χ0v) is 14.9. The van der Waals surface area contributed by atoms with Gasteiger partial charge in [-0.3, -0.25) is 4.79 Å². The minimum absolute atomic E-state index is 0.0254. The van der Waals surface area contributed by atoms with E-state index in [-0.39, 0.29) is 24.4 Å². The molecule has 2 aromatic rings. The zero-order chi connectivity index (χ0) is 17.3. The summed E-state index contributed by atoms with van der Waals surface area (Å²) in [6, 6.07) is 6.12. The average molecular weight is 348 g/mol. The van der Waals surface area contributed by atoms with Crippen LogP contribution in [0.15, 0.2) is 24.3 Å². The summed E-state index contributed by atoms with van der Waals surface area (Å²) in [7, 11) is 1.86. The first-order valence-electron chi connectivity index (χ1n) is 8.07. The van der Waals surface area contributed by atoms with E-state index in [0.29, 0.717) is 16.5 Å². The molecule has 1 amide bonds. The van der Waals surface area contributed by atoms with E-state index in [0.717, 1.165) is 10.7 Å². The maximum Gasteiger partial charge on any atom is 0.265 e. The molecule has 1 aliphatic carbocycles. The molecular formula is C18H21FN2O2S. The summed E-state index contributed by atoms with van der Waals surface area (Å²) < 4.78 is 18.5. The number of halogens is 1. The van der Waals surface area contributed by atoms with Crippen molar-refractivity contribution in [3.63, 3.8) is 0 Å². The minimum Gasteiger partial charge on any atom is -0.486 e. The first-order chi connectivity index (χ1) is 11.5. The Kier molecular flexibility index (Phi) is 4.85. The van der Waals surface area contributed by atoms with E-state index in [1.54, 1.807) is 12.1 Å². The third-order valence-corrected chi connectivity index (χ3v) is 5.57. The molecule has 0 N–H and O–H groups in total. The summed E-state index contributed by atoms with van der Waals surface area (Å²) >= 11 is 1.37. The Morgan fingerprint density at radius 1 is 1.42 bits per heavy atom. The van der Waals surface area contributed by atoms with E-state index >= 15 is 0 Å². The van der Waals surface area contributed by atoms with Crippen molar-refractivity contribution in [1.82, 2.24) is 9.88 Å². The number of thiazole rings is 1. The van der Waals surface area contributed by atoms with E-state index in [1.165, 1.54) is 36.3 Å². The predicted molar refractivity (Wildman–Crippen MR) is 91.9 cm³/mol. The number of nitrogens with zero attached hydrogens (tertiary/aromatic N) is 2. The number of carbonyl (C=O) groups is 1. The van der Waals surface area contributed by atoms with Crippen molar-refractivity contribution in [1.29, 1.82) is 0 Å². The van der Waals surface area contributed by atoms with Crippen LogP contribution < -0.4 is 4.74 Å². The van der Waals surface area contributed by atoms with Gasteiger partial charge in [0.1, 0.15) is 28.1 Å². The number of aryl methyl sites for hydroxylation is 1. The molecule has 1 unspecified atom stereocenters.